The van der Waals surface area contributed by atoms with Crippen molar-refractivity contribution < 1.29 is 8.78 Å². The molecule has 0 N–H and O–H groups in total. The van der Waals surface area contributed by atoms with Crippen LogP contribution >= 0.6 is 0 Å². The highest BCUT2D eigenvalue weighted by Gasteiger charge is 2.32. The second-order valence-electron chi connectivity index (χ2n) is 11.5. The first-order chi connectivity index (χ1) is 20.7. The molecular formula is C38H44F2N2. The maximum absolute atomic E-state index is 15.2. The van der Waals surface area contributed by atoms with Gasteiger partial charge in [0.1, 0.15) is 12.3 Å². The Morgan fingerprint density at radius 3 is 0.905 bits per heavy atom. The molecule has 0 spiro atoms. The minimum Gasteiger partial charge on any atom is -0.293 e. The zero-order chi connectivity index (χ0) is 29.0. The Hall–Kier alpha value is -3.34. The Balaban J connectivity index is 0.000000168. The highest BCUT2D eigenvalue weighted by Crippen LogP contribution is 2.39. The Kier molecular flexibility index (Phi) is 11.3. The summed E-state index contributed by atoms with van der Waals surface area (Å²) in [7, 11) is 0. The van der Waals surface area contributed by atoms with Gasteiger partial charge in [-0.15, -0.1) is 0 Å². The van der Waals surface area contributed by atoms with Crippen molar-refractivity contribution >= 4 is 0 Å². The van der Waals surface area contributed by atoms with Crippen molar-refractivity contribution in [3.8, 4) is 0 Å². The highest BCUT2D eigenvalue weighted by molar-refractivity contribution is 5.28. The molecule has 2 nitrogen and oxygen atoms in total. The van der Waals surface area contributed by atoms with Crippen molar-refractivity contribution in [1.29, 1.82) is 0 Å². The Morgan fingerprint density at radius 2 is 0.619 bits per heavy atom. The number of likely N-dealkylation sites (tertiary alicyclic amines) is 2. The van der Waals surface area contributed by atoms with Crippen LogP contribution in [0.3, 0.4) is 0 Å². The standard InChI is InChI=1S/2C19H22FN/c2*20-18(16-10-4-1-5-11-16)19(17-12-6-2-7-13-17)21-14-8-3-9-15-21/h2*1-2,4-7,10-13,18-19H,3,8-9,14-15H2/t2*18-,19-/m00/s1. The van der Waals surface area contributed by atoms with Gasteiger partial charge < -0.3 is 0 Å². The van der Waals surface area contributed by atoms with Gasteiger partial charge in [-0.3, -0.25) is 9.80 Å². The lowest BCUT2D eigenvalue weighted by molar-refractivity contribution is 0.0905. The van der Waals surface area contributed by atoms with E-state index in [0.717, 1.165) is 48.4 Å². The molecule has 4 aromatic rings. The summed E-state index contributed by atoms with van der Waals surface area (Å²) < 4.78 is 30.5. The van der Waals surface area contributed by atoms with Crippen LogP contribution in [-0.2, 0) is 0 Å². The summed E-state index contributed by atoms with van der Waals surface area (Å²) >= 11 is 0. The number of halogens is 2. The van der Waals surface area contributed by atoms with E-state index in [9.17, 15) is 0 Å². The summed E-state index contributed by atoms with van der Waals surface area (Å²) in [6, 6.07) is 39.0. The van der Waals surface area contributed by atoms with Gasteiger partial charge in [0.2, 0.25) is 0 Å². The van der Waals surface area contributed by atoms with Crippen LogP contribution in [-0.4, -0.2) is 36.0 Å². The maximum atomic E-state index is 15.2. The van der Waals surface area contributed by atoms with E-state index in [1.54, 1.807) is 0 Å². The maximum Gasteiger partial charge on any atom is 0.145 e. The van der Waals surface area contributed by atoms with Crippen LogP contribution in [0.1, 0.15) is 85.2 Å². The van der Waals surface area contributed by atoms with E-state index in [1.807, 2.05) is 97.1 Å². The van der Waals surface area contributed by atoms with Crippen molar-refractivity contribution in [2.75, 3.05) is 26.2 Å². The van der Waals surface area contributed by atoms with Crippen LogP contribution in [0.5, 0.6) is 0 Å². The van der Waals surface area contributed by atoms with Crippen molar-refractivity contribution in [1.82, 2.24) is 9.80 Å². The number of rotatable bonds is 8. The third-order valence-electron chi connectivity index (χ3n) is 8.64. The number of nitrogens with zero attached hydrogens (tertiary/aromatic N) is 2. The van der Waals surface area contributed by atoms with Gasteiger partial charge in [0.15, 0.2) is 0 Å². The predicted octanol–water partition coefficient (Wildman–Crippen LogP) is 9.85. The fourth-order valence-electron chi connectivity index (χ4n) is 6.46. The first kappa shape index (κ1) is 30.1. The summed E-state index contributed by atoms with van der Waals surface area (Å²) in [6.07, 6.45) is 5.25. The molecule has 0 aromatic heterocycles. The number of hydrogen-bond donors (Lipinski definition) is 0. The van der Waals surface area contributed by atoms with Crippen molar-refractivity contribution in [3.05, 3.63) is 144 Å². The molecule has 0 amide bonds. The minimum atomic E-state index is -0.980. The van der Waals surface area contributed by atoms with Crippen LogP contribution in [0.4, 0.5) is 8.78 Å². The average Bonchev–Trinajstić information content (AvgIpc) is 3.08. The predicted molar refractivity (Wildman–Crippen MR) is 170 cm³/mol. The molecule has 0 bridgehead atoms. The molecule has 2 aliphatic heterocycles. The summed E-state index contributed by atoms with van der Waals surface area (Å²) in [5.41, 5.74) is 3.71. The van der Waals surface area contributed by atoms with Crippen LogP contribution in [0, 0.1) is 0 Å². The topological polar surface area (TPSA) is 6.48 Å². The highest BCUT2D eigenvalue weighted by atomic mass is 19.1. The lowest BCUT2D eigenvalue weighted by Crippen LogP contribution is -2.36. The molecule has 4 heteroatoms. The Morgan fingerprint density at radius 1 is 0.357 bits per heavy atom. The molecule has 0 saturated carbocycles. The Labute approximate surface area is 251 Å². The minimum absolute atomic E-state index is 0.172. The summed E-state index contributed by atoms with van der Waals surface area (Å²) in [4.78, 5) is 4.63. The fourth-order valence-corrected chi connectivity index (χ4v) is 6.46. The summed E-state index contributed by atoms with van der Waals surface area (Å²) in [6.45, 7) is 3.97. The van der Waals surface area contributed by atoms with Gasteiger partial charge in [-0.05, 0) is 74.1 Å². The second kappa shape index (κ2) is 15.8. The number of benzene rings is 4. The van der Waals surface area contributed by atoms with Gasteiger partial charge in [-0.2, -0.15) is 0 Å². The molecular weight excluding hydrogens is 522 g/mol. The molecule has 4 aromatic carbocycles. The zero-order valence-electron chi connectivity index (χ0n) is 24.6. The van der Waals surface area contributed by atoms with E-state index in [-0.39, 0.29) is 12.1 Å². The first-order valence-corrected chi connectivity index (χ1v) is 15.7. The van der Waals surface area contributed by atoms with Gasteiger partial charge in [0.25, 0.3) is 0 Å². The molecule has 6 rings (SSSR count). The van der Waals surface area contributed by atoms with Gasteiger partial charge in [0.05, 0.1) is 12.1 Å². The van der Waals surface area contributed by atoms with E-state index < -0.39 is 12.3 Å². The third-order valence-corrected chi connectivity index (χ3v) is 8.64. The quantitative estimate of drug-likeness (QED) is 0.209. The monoisotopic (exact) mass is 566 g/mol. The van der Waals surface area contributed by atoms with Crippen LogP contribution < -0.4 is 0 Å². The van der Waals surface area contributed by atoms with E-state index >= 15 is 8.78 Å². The molecule has 0 radical (unpaired) electrons. The summed E-state index contributed by atoms with van der Waals surface area (Å²) in [5.74, 6) is 0. The average molecular weight is 567 g/mol. The van der Waals surface area contributed by atoms with Crippen LogP contribution in [0.25, 0.3) is 0 Å². The fraction of sp³-hybridized carbons (Fsp3) is 0.368. The van der Waals surface area contributed by atoms with Gasteiger partial charge >= 0.3 is 0 Å². The van der Waals surface area contributed by atoms with E-state index in [2.05, 4.69) is 34.1 Å². The molecule has 0 aliphatic carbocycles. The van der Waals surface area contributed by atoms with Gasteiger partial charge in [-0.1, -0.05) is 134 Å². The largest absolute Gasteiger partial charge is 0.293 e. The lowest BCUT2D eigenvalue weighted by Gasteiger charge is -2.36. The van der Waals surface area contributed by atoms with E-state index in [1.165, 1.54) is 38.5 Å². The number of hydrogen-bond acceptors (Lipinski definition) is 2. The third kappa shape index (κ3) is 7.93. The van der Waals surface area contributed by atoms with Crippen molar-refractivity contribution in [2.24, 2.45) is 0 Å². The van der Waals surface area contributed by atoms with Crippen molar-refractivity contribution in [3.63, 3.8) is 0 Å². The normalized spacial score (nSPS) is 19.1. The molecule has 42 heavy (non-hydrogen) atoms. The van der Waals surface area contributed by atoms with Crippen molar-refractivity contribution in [2.45, 2.75) is 63.0 Å². The summed E-state index contributed by atoms with van der Waals surface area (Å²) in [5, 5.41) is 0. The molecule has 4 atom stereocenters. The van der Waals surface area contributed by atoms with E-state index in [0.29, 0.717) is 0 Å². The molecule has 2 fully saturated rings. The molecule has 2 aliphatic rings. The van der Waals surface area contributed by atoms with E-state index in [4.69, 9.17) is 0 Å². The Bertz CT molecular complexity index is 1170. The SMILES string of the molecule is F[C@@H](c1ccccc1)[C@H](c1ccccc1)N1CCCCC1.F[C@@H](c1ccccc1)[C@H](c1ccccc1)N1CCCCC1. The zero-order valence-corrected chi connectivity index (χ0v) is 24.6. The lowest BCUT2D eigenvalue weighted by atomic mass is 9.94. The van der Waals surface area contributed by atoms with Gasteiger partial charge in [0, 0.05) is 0 Å². The van der Waals surface area contributed by atoms with Crippen LogP contribution in [0.15, 0.2) is 121 Å². The van der Waals surface area contributed by atoms with Gasteiger partial charge in [-0.25, -0.2) is 8.78 Å². The number of piperidine rings is 2. The molecule has 0 unspecified atom stereocenters. The first-order valence-electron chi connectivity index (χ1n) is 15.7. The molecule has 220 valence electrons. The second-order valence-corrected chi connectivity index (χ2v) is 11.5. The molecule has 2 saturated heterocycles. The number of alkyl halides is 2. The van der Waals surface area contributed by atoms with Crippen LogP contribution in [0.2, 0.25) is 0 Å². The molecule has 2 heterocycles. The smallest absolute Gasteiger partial charge is 0.145 e.